The van der Waals surface area contributed by atoms with E-state index in [1.807, 2.05) is 67.2 Å². The zero-order valence-corrected chi connectivity index (χ0v) is 13.3. The maximum atomic E-state index is 11.9. The molecule has 0 bridgehead atoms. The van der Waals surface area contributed by atoms with Crippen molar-refractivity contribution >= 4 is 10.0 Å². The molecular formula is C16H22N2O2S. The van der Waals surface area contributed by atoms with Gasteiger partial charge in [-0.15, -0.1) is 0 Å². The van der Waals surface area contributed by atoms with Crippen LogP contribution in [0.5, 0.6) is 0 Å². The van der Waals surface area contributed by atoms with Crippen LogP contribution >= 0.6 is 0 Å². The molecular weight excluding hydrogens is 284 g/mol. The summed E-state index contributed by atoms with van der Waals surface area (Å²) in [6.45, 7) is 3.85. The molecule has 2 aromatic rings. The number of sulfonamides is 1. The van der Waals surface area contributed by atoms with E-state index in [4.69, 9.17) is 0 Å². The molecule has 0 saturated carbocycles. The van der Waals surface area contributed by atoms with Gasteiger partial charge in [0.2, 0.25) is 10.0 Å². The van der Waals surface area contributed by atoms with Gasteiger partial charge in [-0.25, -0.2) is 13.1 Å². The number of hydrogen-bond acceptors (Lipinski definition) is 2. The zero-order chi connectivity index (χ0) is 15.3. The lowest BCUT2D eigenvalue weighted by Crippen LogP contribution is -2.29. The first-order valence-corrected chi connectivity index (χ1v) is 8.90. The van der Waals surface area contributed by atoms with Crippen molar-refractivity contribution in [2.75, 3.05) is 5.75 Å². The molecule has 1 heterocycles. The Hall–Kier alpha value is -1.59. The van der Waals surface area contributed by atoms with Gasteiger partial charge in [-0.1, -0.05) is 25.5 Å². The SMILES string of the molecule is CCCCS(=O)(=O)NC(C)c1ccc(-n2cccc2)cc1. The second-order valence-corrected chi connectivity index (χ2v) is 7.07. The Kier molecular flexibility index (Phi) is 5.20. The largest absolute Gasteiger partial charge is 0.324 e. The van der Waals surface area contributed by atoms with Crippen LogP contribution in [-0.4, -0.2) is 18.7 Å². The van der Waals surface area contributed by atoms with E-state index in [1.54, 1.807) is 0 Å². The third-order valence-electron chi connectivity index (χ3n) is 3.42. The van der Waals surface area contributed by atoms with Crippen LogP contribution in [0.2, 0.25) is 0 Å². The van der Waals surface area contributed by atoms with Gasteiger partial charge in [0, 0.05) is 24.1 Å². The zero-order valence-electron chi connectivity index (χ0n) is 12.5. The molecule has 0 saturated heterocycles. The fraction of sp³-hybridized carbons (Fsp3) is 0.375. The third-order valence-corrected chi connectivity index (χ3v) is 4.96. The normalized spacial score (nSPS) is 13.2. The van der Waals surface area contributed by atoms with Crippen LogP contribution in [0.1, 0.15) is 38.3 Å². The summed E-state index contributed by atoms with van der Waals surface area (Å²) in [6.07, 6.45) is 5.52. The number of aromatic nitrogens is 1. The number of rotatable bonds is 7. The molecule has 0 aliphatic carbocycles. The Morgan fingerprint density at radius 3 is 2.33 bits per heavy atom. The number of hydrogen-bond donors (Lipinski definition) is 1. The van der Waals surface area contributed by atoms with Crippen molar-refractivity contribution in [3.63, 3.8) is 0 Å². The minimum absolute atomic E-state index is 0.190. The van der Waals surface area contributed by atoms with Crippen molar-refractivity contribution in [3.8, 4) is 5.69 Å². The van der Waals surface area contributed by atoms with Crippen molar-refractivity contribution in [3.05, 3.63) is 54.4 Å². The molecule has 21 heavy (non-hydrogen) atoms. The molecule has 0 spiro atoms. The molecule has 1 aromatic heterocycles. The van der Waals surface area contributed by atoms with Crippen LogP contribution < -0.4 is 4.72 Å². The van der Waals surface area contributed by atoms with Gasteiger partial charge >= 0.3 is 0 Å². The Balaban J connectivity index is 2.05. The summed E-state index contributed by atoms with van der Waals surface area (Å²) in [4.78, 5) is 0. The minimum Gasteiger partial charge on any atom is -0.324 e. The highest BCUT2D eigenvalue weighted by molar-refractivity contribution is 7.89. The van der Waals surface area contributed by atoms with Crippen molar-refractivity contribution in [1.29, 1.82) is 0 Å². The lowest BCUT2D eigenvalue weighted by molar-refractivity contribution is 0.564. The molecule has 1 unspecified atom stereocenters. The topological polar surface area (TPSA) is 51.1 Å². The highest BCUT2D eigenvalue weighted by Crippen LogP contribution is 2.17. The average molecular weight is 306 g/mol. The quantitative estimate of drug-likeness (QED) is 0.853. The first-order chi connectivity index (χ1) is 10.0. The van der Waals surface area contributed by atoms with E-state index in [-0.39, 0.29) is 11.8 Å². The van der Waals surface area contributed by atoms with Gasteiger partial charge in [0.15, 0.2) is 0 Å². The van der Waals surface area contributed by atoms with E-state index in [0.717, 1.165) is 17.7 Å². The Bertz CT molecular complexity index is 646. The van der Waals surface area contributed by atoms with Crippen LogP contribution in [0.15, 0.2) is 48.8 Å². The molecule has 1 aromatic carbocycles. The fourth-order valence-corrected chi connectivity index (χ4v) is 3.63. The molecule has 0 aliphatic heterocycles. The van der Waals surface area contributed by atoms with E-state index < -0.39 is 10.0 Å². The fourth-order valence-electron chi connectivity index (χ4n) is 2.17. The second-order valence-electron chi connectivity index (χ2n) is 5.19. The van der Waals surface area contributed by atoms with Crippen molar-refractivity contribution < 1.29 is 8.42 Å². The van der Waals surface area contributed by atoms with Crippen molar-refractivity contribution in [1.82, 2.24) is 9.29 Å². The lowest BCUT2D eigenvalue weighted by atomic mass is 10.1. The Morgan fingerprint density at radius 2 is 1.76 bits per heavy atom. The van der Waals surface area contributed by atoms with E-state index in [2.05, 4.69) is 4.72 Å². The number of nitrogens with zero attached hydrogens (tertiary/aromatic N) is 1. The van der Waals surface area contributed by atoms with Gasteiger partial charge < -0.3 is 4.57 Å². The van der Waals surface area contributed by atoms with Gasteiger partial charge in [-0.05, 0) is 43.2 Å². The summed E-state index contributed by atoms with van der Waals surface area (Å²) in [5.41, 5.74) is 2.02. The molecule has 0 fully saturated rings. The number of unbranched alkanes of at least 4 members (excludes halogenated alkanes) is 1. The highest BCUT2D eigenvalue weighted by atomic mass is 32.2. The van der Waals surface area contributed by atoms with Crippen LogP contribution in [0.3, 0.4) is 0 Å². The minimum atomic E-state index is -3.20. The van der Waals surface area contributed by atoms with Gasteiger partial charge in [-0.2, -0.15) is 0 Å². The van der Waals surface area contributed by atoms with E-state index >= 15 is 0 Å². The summed E-state index contributed by atoms with van der Waals surface area (Å²) in [6, 6.07) is 11.6. The van der Waals surface area contributed by atoms with Gasteiger partial charge in [0.25, 0.3) is 0 Å². The molecule has 5 heteroatoms. The monoisotopic (exact) mass is 306 g/mol. The predicted molar refractivity (Wildman–Crippen MR) is 86.0 cm³/mol. The summed E-state index contributed by atoms with van der Waals surface area (Å²) in [5, 5.41) is 0. The average Bonchev–Trinajstić information content (AvgIpc) is 2.99. The summed E-state index contributed by atoms with van der Waals surface area (Å²) in [5.74, 6) is 0.190. The van der Waals surface area contributed by atoms with Crippen molar-refractivity contribution in [2.24, 2.45) is 0 Å². The number of benzene rings is 1. The van der Waals surface area contributed by atoms with Crippen molar-refractivity contribution in [2.45, 2.75) is 32.7 Å². The summed E-state index contributed by atoms with van der Waals surface area (Å²) < 4.78 is 28.6. The van der Waals surface area contributed by atoms with Crippen LogP contribution in [-0.2, 0) is 10.0 Å². The lowest BCUT2D eigenvalue weighted by Gasteiger charge is -2.15. The molecule has 0 radical (unpaired) electrons. The molecule has 1 N–H and O–H groups in total. The van der Waals surface area contributed by atoms with E-state index in [0.29, 0.717) is 6.42 Å². The summed E-state index contributed by atoms with van der Waals surface area (Å²) in [7, 11) is -3.20. The third kappa shape index (κ3) is 4.44. The van der Waals surface area contributed by atoms with Gasteiger partial charge in [0.05, 0.1) is 5.75 Å². The van der Waals surface area contributed by atoms with Crippen LogP contribution in [0, 0.1) is 0 Å². The first kappa shape index (κ1) is 15.8. The summed E-state index contributed by atoms with van der Waals surface area (Å²) >= 11 is 0. The predicted octanol–water partition coefficient (Wildman–Crippen LogP) is 3.26. The molecule has 114 valence electrons. The van der Waals surface area contributed by atoms with E-state index in [1.165, 1.54) is 0 Å². The molecule has 0 amide bonds. The molecule has 0 aliphatic rings. The van der Waals surface area contributed by atoms with Crippen LogP contribution in [0.4, 0.5) is 0 Å². The second kappa shape index (κ2) is 6.91. The number of nitrogens with one attached hydrogen (secondary N) is 1. The Morgan fingerprint density at radius 1 is 1.14 bits per heavy atom. The van der Waals surface area contributed by atoms with Gasteiger partial charge in [0.1, 0.15) is 0 Å². The molecule has 1 atom stereocenters. The molecule has 2 rings (SSSR count). The Labute approximate surface area is 126 Å². The molecule has 4 nitrogen and oxygen atoms in total. The van der Waals surface area contributed by atoms with E-state index in [9.17, 15) is 8.42 Å². The highest BCUT2D eigenvalue weighted by Gasteiger charge is 2.15. The maximum Gasteiger partial charge on any atom is 0.212 e. The maximum absolute atomic E-state index is 11.9. The standard InChI is InChI=1S/C16H22N2O2S/c1-3-4-13-21(19,20)17-14(2)15-7-9-16(10-8-15)18-11-5-6-12-18/h5-12,14,17H,3-4,13H2,1-2H3. The van der Waals surface area contributed by atoms with Gasteiger partial charge in [-0.3, -0.25) is 0 Å². The van der Waals surface area contributed by atoms with Crippen LogP contribution in [0.25, 0.3) is 5.69 Å². The first-order valence-electron chi connectivity index (χ1n) is 7.25. The smallest absolute Gasteiger partial charge is 0.212 e.